The van der Waals surface area contributed by atoms with Gasteiger partial charge in [0.1, 0.15) is 5.75 Å². The summed E-state index contributed by atoms with van der Waals surface area (Å²) in [6.45, 7) is 0.636. The van der Waals surface area contributed by atoms with Gasteiger partial charge in [-0.2, -0.15) is 13.1 Å². The molecule has 0 amide bonds. The van der Waals surface area contributed by atoms with E-state index >= 15 is 0 Å². The highest BCUT2D eigenvalue weighted by molar-refractivity contribution is 7.89. The van der Waals surface area contributed by atoms with E-state index in [0.717, 1.165) is 25.1 Å². The molecule has 138 valence electrons. The first kappa shape index (κ1) is 21.4. The van der Waals surface area contributed by atoms with Crippen LogP contribution in [0, 0.1) is 0 Å². The first-order chi connectivity index (χ1) is 10.9. The van der Waals surface area contributed by atoms with Crippen LogP contribution in [-0.4, -0.2) is 45.0 Å². The Labute approximate surface area is 151 Å². The Morgan fingerprint density at radius 1 is 1.46 bits per heavy atom. The number of rotatable bonds is 7. The monoisotopic (exact) mass is 404 g/mol. The van der Waals surface area contributed by atoms with E-state index in [1.807, 2.05) is 6.92 Å². The highest BCUT2D eigenvalue weighted by Crippen LogP contribution is 2.31. The normalized spacial score (nSPS) is 18.0. The van der Waals surface area contributed by atoms with Gasteiger partial charge in [-0.15, -0.1) is 12.4 Å². The van der Waals surface area contributed by atoms with Crippen LogP contribution in [0.25, 0.3) is 0 Å². The summed E-state index contributed by atoms with van der Waals surface area (Å²) in [5.74, 6) is -0.245. The lowest BCUT2D eigenvalue weighted by molar-refractivity contribution is -0.0498. The molecule has 0 aromatic heterocycles. The molecule has 0 bridgehead atoms. The van der Waals surface area contributed by atoms with Crippen molar-refractivity contribution in [2.45, 2.75) is 37.3 Å². The van der Waals surface area contributed by atoms with E-state index in [0.29, 0.717) is 19.5 Å². The minimum absolute atomic E-state index is 0. The molecule has 1 N–H and O–H groups in total. The Morgan fingerprint density at radius 2 is 2.17 bits per heavy atom. The summed E-state index contributed by atoms with van der Waals surface area (Å²) in [5, 5.41) is 2.98. The molecule has 24 heavy (non-hydrogen) atoms. The number of nitrogens with zero attached hydrogens (tertiary/aromatic N) is 1. The van der Waals surface area contributed by atoms with Gasteiger partial charge in [0.2, 0.25) is 10.0 Å². The standard InChI is InChI=1S/C14H19ClF2N2O3S.ClH/c1-2-7-19(10-5-6-18-9-10)23(20,21)11-3-4-13(12(15)8-11)22-14(16)17;/h3-4,8,10,14,18H,2,5-7,9H2,1H3;1H. The van der Waals surface area contributed by atoms with Crippen LogP contribution >= 0.6 is 24.0 Å². The van der Waals surface area contributed by atoms with Gasteiger partial charge in [0, 0.05) is 19.1 Å². The van der Waals surface area contributed by atoms with E-state index in [2.05, 4.69) is 10.1 Å². The summed E-state index contributed by atoms with van der Waals surface area (Å²) in [4.78, 5) is -0.0236. The van der Waals surface area contributed by atoms with Crippen molar-refractivity contribution in [1.82, 2.24) is 9.62 Å². The fraction of sp³-hybridized carbons (Fsp3) is 0.571. The van der Waals surface area contributed by atoms with Crippen LogP contribution in [0.5, 0.6) is 5.75 Å². The summed E-state index contributed by atoms with van der Waals surface area (Å²) in [6, 6.07) is 3.43. The molecule has 1 fully saturated rings. The minimum atomic E-state index is -3.75. The van der Waals surface area contributed by atoms with E-state index < -0.39 is 16.6 Å². The molecule has 1 aliphatic rings. The first-order valence-corrected chi connectivity index (χ1v) is 9.15. The zero-order chi connectivity index (χ0) is 17.0. The highest BCUT2D eigenvalue weighted by Gasteiger charge is 2.33. The van der Waals surface area contributed by atoms with Gasteiger partial charge < -0.3 is 10.1 Å². The Morgan fingerprint density at radius 3 is 2.67 bits per heavy atom. The predicted octanol–water partition coefficient (Wildman–Crippen LogP) is 3.13. The number of hydrogen-bond donors (Lipinski definition) is 1. The largest absolute Gasteiger partial charge is 0.433 e. The van der Waals surface area contributed by atoms with Crippen LogP contribution in [0.3, 0.4) is 0 Å². The van der Waals surface area contributed by atoms with Crippen LogP contribution in [-0.2, 0) is 10.0 Å². The molecule has 1 aliphatic heterocycles. The second-order valence-corrected chi connectivity index (χ2v) is 7.53. The molecule has 5 nitrogen and oxygen atoms in total. The number of alkyl halides is 2. The van der Waals surface area contributed by atoms with Gasteiger partial charge in [-0.05, 0) is 37.6 Å². The zero-order valence-electron chi connectivity index (χ0n) is 13.0. The van der Waals surface area contributed by atoms with E-state index in [4.69, 9.17) is 11.6 Å². The lowest BCUT2D eigenvalue weighted by Gasteiger charge is -2.27. The topological polar surface area (TPSA) is 58.6 Å². The van der Waals surface area contributed by atoms with Crippen molar-refractivity contribution < 1.29 is 21.9 Å². The Kier molecular flexibility index (Phi) is 8.14. The van der Waals surface area contributed by atoms with E-state index in [1.54, 1.807) is 0 Å². The minimum Gasteiger partial charge on any atom is -0.433 e. The smallest absolute Gasteiger partial charge is 0.387 e. The second-order valence-electron chi connectivity index (χ2n) is 5.23. The van der Waals surface area contributed by atoms with Crippen LogP contribution in [0.4, 0.5) is 8.78 Å². The maximum absolute atomic E-state index is 12.8. The number of hydrogen-bond acceptors (Lipinski definition) is 4. The van der Waals surface area contributed by atoms with Crippen molar-refractivity contribution >= 4 is 34.0 Å². The molecule has 1 saturated heterocycles. The first-order valence-electron chi connectivity index (χ1n) is 7.33. The van der Waals surface area contributed by atoms with Crippen LogP contribution < -0.4 is 10.1 Å². The highest BCUT2D eigenvalue weighted by atomic mass is 35.5. The van der Waals surface area contributed by atoms with E-state index in [9.17, 15) is 17.2 Å². The number of halogens is 4. The average Bonchev–Trinajstić information content (AvgIpc) is 3.00. The molecule has 1 unspecified atom stereocenters. The molecule has 0 radical (unpaired) electrons. The van der Waals surface area contributed by atoms with E-state index in [1.165, 1.54) is 10.4 Å². The van der Waals surface area contributed by atoms with Crippen LogP contribution in [0.1, 0.15) is 19.8 Å². The number of sulfonamides is 1. The fourth-order valence-electron chi connectivity index (χ4n) is 2.57. The van der Waals surface area contributed by atoms with Gasteiger partial charge in [-0.1, -0.05) is 18.5 Å². The maximum atomic E-state index is 12.8. The number of nitrogens with one attached hydrogen (secondary N) is 1. The van der Waals surface area contributed by atoms with Gasteiger partial charge >= 0.3 is 6.61 Å². The molecule has 1 aromatic carbocycles. The van der Waals surface area contributed by atoms with Gasteiger partial charge in [0.15, 0.2) is 0 Å². The molecular weight excluding hydrogens is 385 g/mol. The Hall–Kier alpha value is -0.670. The van der Waals surface area contributed by atoms with Crippen molar-refractivity contribution in [3.63, 3.8) is 0 Å². The summed E-state index contributed by atoms with van der Waals surface area (Å²) >= 11 is 5.87. The average molecular weight is 405 g/mol. The van der Waals surface area contributed by atoms with Crippen molar-refractivity contribution in [3.05, 3.63) is 23.2 Å². The fourth-order valence-corrected chi connectivity index (χ4v) is 4.64. The van der Waals surface area contributed by atoms with Gasteiger partial charge in [-0.25, -0.2) is 8.42 Å². The Bertz CT molecular complexity index is 641. The SMILES string of the molecule is CCCN(C1CCNC1)S(=O)(=O)c1ccc(OC(F)F)c(Cl)c1.Cl. The maximum Gasteiger partial charge on any atom is 0.387 e. The summed E-state index contributed by atoms with van der Waals surface area (Å²) in [7, 11) is -3.75. The number of benzene rings is 1. The van der Waals surface area contributed by atoms with Crippen molar-refractivity contribution in [1.29, 1.82) is 0 Å². The lowest BCUT2D eigenvalue weighted by Crippen LogP contribution is -2.42. The lowest BCUT2D eigenvalue weighted by atomic mass is 10.2. The third-order valence-corrected chi connectivity index (χ3v) is 5.85. The predicted molar refractivity (Wildman–Crippen MR) is 90.8 cm³/mol. The Balaban J connectivity index is 0.00000288. The summed E-state index contributed by atoms with van der Waals surface area (Å²) < 4.78 is 55.9. The molecule has 1 aromatic rings. The van der Waals surface area contributed by atoms with Crippen molar-refractivity contribution in [2.75, 3.05) is 19.6 Å². The molecule has 10 heteroatoms. The number of ether oxygens (including phenoxy) is 1. The van der Waals surface area contributed by atoms with Crippen LogP contribution in [0.15, 0.2) is 23.1 Å². The molecule has 0 saturated carbocycles. The molecule has 1 atom stereocenters. The van der Waals surface area contributed by atoms with Gasteiger partial charge in [-0.3, -0.25) is 0 Å². The quantitative estimate of drug-likeness (QED) is 0.758. The molecule has 0 aliphatic carbocycles. The zero-order valence-corrected chi connectivity index (χ0v) is 15.4. The third kappa shape index (κ3) is 4.92. The van der Waals surface area contributed by atoms with Gasteiger partial charge in [0.05, 0.1) is 9.92 Å². The van der Waals surface area contributed by atoms with Gasteiger partial charge in [0.25, 0.3) is 0 Å². The summed E-state index contributed by atoms with van der Waals surface area (Å²) in [5.41, 5.74) is 0. The molecule has 0 spiro atoms. The molecule has 1 heterocycles. The third-order valence-electron chi connectivity index (χ3n) is 3.61. The van der Waals surface area contributed by atoms with Crippen molar-refractivity contribution in [3.8, 4) is 5.75 Å². The van der Waals surface area contributed by atoms with Crippen molar-refractivity contribution in [2.24, 2.45) is 0 Å². The molecular formula is C14H20Cl2F2N2O3S. The van der Waals surface area contributed by atoms with E-state index in [-0.39, 0.29) is 34.1 Å². The second kappa shape index (κ2) is 9.15. The molecule has 2 rings (SSSR count). The van der Waals surface area contributed by atoms with Crippen LogP contribution in [0.2, 0.25) is 5.02 Å². The summed E-state index contributed by atoms with van der Waals surface area (Å²) in [6.07, 6.45) is 1.41.